The third kappa shape index (κ3) is 3.79. The van der Waals surface area contributed by atoms with Gasteiger partial charge in [0.1, 0.15) is 0 Å². The van der Waals surface area contributed by atoms with Crippen molar-refractivity contribution in [1.29, 1.82) is 0 Å². The molecule has 7 nitrogen and oxygen atoms in total. The van der Waals surface area contributed by atoms with Crippen LogP contribution in [0.25, 0.3) is 0 Å². The van der Waals surface area contributed by atoms with Crippen molar-refractivity contribution < 1.29 is 23.5 Å². The molecule has 0 saturated carbocycles. The summed E-state index contributed by atoms with van der Waals surface area (Å²) in [4.78, 5) is 24.3. The lowest BCUT2D eigenvalue weighted by Crippen LogP contribution is -2.22. The van der Waals surface area contributed by atoms with Gasteiger partial charge in [0.15, 0.2) is 17.3 Å². The van der Waals surface area contributed by atoms with E-state index in [4.69, 9.17) is 25.5 Å². The van der Waals surface area contributed by atoms with Gasteiger partial charge < -0.3 is 24.5 Å². The predicted octanol–water partition coefficient (Wildman–Crippen LogP) is 3.84. The van der Waals surface area contributed by atoms with E-state index < -0.39 is 0 Å². The first kappa shape index (κ1) is 17.9. The van der Waals surface area contributed by atoms with E-state index in [9.17, 15) is 9.59 Å². The van der Waals surface area contributed by atoms with Crippen molar-refractivity contribution in [1.82, 2.24) is 5.32 Å². The van der Waals surface area contributed by atoms with Gasteiger partial charge in [-0.15, -0.1) is 0 Å². The fourth-order valence-electron chi connectivity index (χ4n) is 2.69. The van der Waals surface area contributed by atoms with Crippen molar-refractivity contribution in [2.75, 3.05) is 12.1 Å². The van der Waals surface area contributed by atoms with Crippen molar-refractivity contribution in [2.24, 2.45) is 0 Å². The summed E-state index contributed by atoms with van der Waals surface area (Å²) in [7, 11) is 0. The topological polar surface area (TPSA) is 89.8 Å². The SMILES string of the molecule is O=C(NCc1ccc(NC(=O)c2ccco2)cc1)c1cc(Cl)c2c(c1)OCO2. The molecule has 0 aliphatic carbocycles. The molecule has 0 fully saturated rings. The minimum absolute atomic E-state index is 0.0862. The fraction of sp³-hybridized carbons (Fsp3) is 0.100. The maximum Gasteiger partial charge on any atom is 0.291 e. The van der Waals surface area contributed by atoms with Gasteiger partial charge in [-0.05, 0) is 42.0 Å². The Morgan fingerprint density at radius 3 is 2.61 bits per heavy atom. The zero-order valence-electron chi connectivity index (χ0n) is 14.5. The van der Waals surface area contributed by atoms with E-state index in [0.29, 0.717) is 34.3 Å². The van der Waals surface area contributed by atoms with E-state index in [1.54, 1.807) is 30.3 Å². The number of furan rings is 1. The van der Waals surface area contributed by atoms with Crippen LogP contribution in [0.15, 0.2) is 59.2 Å². The molecule has 28 heavy (non-hydrogen) atoms. The minimum atomic E-state index is -0.328. The molecule has 0 atom stereocenters. The molecule has 4 rings (SSSR count). The lowest BCUT2D eigenvalue weighted by atomic mass is 10.1. The number of halogens is 1. The van der Waals surface area contributed by atoms with Gasteiger partial charge in [-0.25, -0.2) is 0 Å². The summed E-state index contributed by atoms with van der Waals surface area (Å²) in [5.74, 6) is 0.527. The zero-order chi connectivity index (χ0) is 19.5. The number of carbonyl (C=O) groups is 2. The van der Waals surface area contributed by atoms with Crippen molar-refractivity contribution in [3.8, 4) is 11.5 Å². The highest BCUT2D eigenvalue weighted by molar-refractivity contribution is 6.32. The summed E-state index contributed by atoms with van der Waals surface area (Å²) < 4.78 is 15.6. The van der Waals surface area contributed by atoms with E-state index in [1.165, 1.54) is 12.3 Å². The molecule has 0 unspecified atom stereocenters. The Hall–Kier alpha value is -3.45. The number of hydrogen-bond acceptors (Lipinski definition) is 5. The highest BCUT2D eigenvalue weighted by atomic mass is 35.5. The van der Waals surface area contributed by atoms with Crippen LogP contribution >= 0.6 is 11.6 Å². The smallest absolute Gasteiger partial charge is 0.291 e. The van der Waals surface area contributed by atoms with E-state index in [2.05, 4.69) is 10.6 Å². The summed E-state index contributed by atoms with van der Waals surface area (Å²) in [5, 5.41) is 5.88. The van der Waals surface area contributed by atoms with Gasteiger partial charge >= 0.3 is 0 Å². The van der Waals surface area contributed by atoms with E-state index in [1.807, 2.05) is 12.1 Å². The Bertz CT molecular complexity index is 1020. The quantitative estimate of drug-likeness (QED) is 0.681. The molecule has 0 bridgehead atoms. The van der Waals surface area contributed by atoms with Crippen LogP contribution < -0.4 is 20.1 Å². The monoisotopic (exact) mass is 398 g/mol. The zero-order valence-corrected chi connectivity index (χ0v) is 15.3. The maximum atomic E-state index is 12.4. The molecular formula is C20H15ClN2O5. The Balaban J connectivity index is 1.35. The first-order valence-electron chi connectivity index (χ1n) is 8.41. The molecule has 8 heteroatoms. The number of amides is 2. The second kappa shape index (κ2) is 7.66. The molecule has 2 amide bonds. The van der Waals surface area contributed by atoms with Crippen LogP contribution in [0, 0.1) is 0 Å². The average molecular weight is 399 g/mol. The van der Waals surface area contributed by atoms with Crippen LogP contribution in [-0.2, 0) is 6.54 Å². The molecule has 142 valence electrons. The third-order valence-corrected chi connectivity index (χ3v) is 4.38. The largest absolute Gasteiger partial charge is 0.459 e. The second-order valence-corrected chi connectivity index (χ2v) is 6.41. The number of benzene rings is 2. The molecule has 0 saturated heterocycles. The van der Waals surface area contributed by atoms with Crippen molar-refractivity contribution in [3.05, 3.63) is 76.7 Å². The van der Waals surface area contributed by atoms with Crippen molar-refractivity contribution in [2.45, 2.75) is 6.54 Å². The number of carbonyl (C=O) groups excluding carboxylic acids is 2. The summed E-state index contributed by atoms with van der Waals surface area (Å²) in [5.41, 5.74) is 1.88. The summed E-state index contributed by atoms with van der Waals surface area (Å²) >= 11 is 6.11. The van der Waals surface area contributed by atoms with Crippen LogP contribution in [0.3, 0.4) is 0 Å². The normalized spacial score (nSPS) is 11.9. The van der Waals surface area contributed by atoms with Crippen LogP contribution in [0.2, 0.25) is 5.02 Å². The number of hydrogen-bond donors (Lipinski definition) is 2. The number of fused-ring (bicyclic) bond motifs is 1. The number of rotatable bonds is 5. The highest BCUT2D eigenvalue weighted by Crippen LogP contribution is 2.39. The molecule has 1 aliphatic rings. The lowest BCUT2D eigenvalue weighted by molar-refractivity contribution is 0.0949. The molecule has 0 spiro atoms. The fourth-order valence-corrected chi connectivity index (χ4v) is 2.95. The molecule has 0 radical (unpaired) electrons. The molecule has 2 N–H and O–H groups in total. The van der Waals surface area contributed by atoms with E-state index in [-0.39, 0.29) is 24.4 Å². The Morgan fingerprint density at radius 1 is 1.04 bits per heavy atom. The van der Waals surface area contributed by atoms with Crippen LogP contribution in [-0.4, -0.2) is 18.6 Å². The van der Waals surface area contributed by atoms with Gasteiger partial charge in [0.25, 0.3) is 11.8 Å². The maximum absolute atomic E-state index is 12.4. The molecular weight excluding hydrogens is 384 g/mol. The third-order valence-electron chi connectivity index (χ3n) is 4.10. The Labute approximate surface area is 165 Å². The first-order chi connectivity index (χ1) is 13.6. The first-order valence-corrected chi connectivity index (χ1v) is 8.79. The van der Waals surface area contributed by atoms with Gasteiger partial charge in [-0.1, -0.05) is 23.7 Å². The second-order valence-electron chi connectivity index (χ2n) is 6.00. The number of ether oxygens (including phenoxy) is 2. The van der Waals surface area contributed by atoms with Crippen LogP contribution in [0.5, 0.6) is 11.5 Å². The molecule has 1 aromatic heterocycles. The van der Waals surface area contributed by atoms with Crippen molar-refractivity contribution in [3.63, 3.8) is 0 Å². The molecule has 1 aliphatic heterocycles. The summed E-state index contributed by atoms with van der Waals surface area (Å²) in [6.07, 6.45) is 1.44. The van der Waals surface area contributed by atoms with Crippen LogP contribution in [0.1, 0.15) is 26.5 Å². The number of nitrogens with one attached hydrogen (secondary N) is 2. The predicted molar refractivity (Wildman–Crippen MR) is 102 cm³/mol. The summed E-state index contributed by atoms with van der Waals surface area (Å²) in [6.45, 7) is 0.403. The van der Waals surface area contributed by atoms with Gasteiger partial charge in [-0.3, -0.25) is 9.59 Å². The number of anilines is 1. The van der Waals surface area contributed by atoms with Gasteiger partial charge in [0.05, 0.1) is 11.3 Å². The standard InChI is InChI=1S/C20H15ClN2O5/c21-15-8-13(9-17-18(15)28-11-27-17)19(24)22-10-12-3-5-14(6-4-12)23-20(25)16-2-1-7-26-16/h1-9H,10-11H2,(H,22,24)(H,23,25). The molecule has 2 aromatic carbocycles. The van der Waals surface area contributed by atoms with Gasteiger partial charge in [0, 0.05) is 17.8 Å². The van der Waals surface area contributed by atoms with E-state index >= 15 is 0 Å². The van der Waals surface area contributed by atoms with E-state index in [0.717, 1.165) is 5.56 Å². The highest BCUT2D eigenvalue weighted by Gasteiger charge is 2.20. The molecule has 3 aromatic rings. The minimum Gasteiger partial charge on any atom is -0.459 e. The summed E-state index contributed by atoms with van der Waals surface area (Å²) in [6, 6.07) is 13.5. The average Bonchev–Trinajstić information content (AvgIpc) is 3.39. The lowest BCUT2D eigenvalue weighted by Gasteiger charge is -2.08. The van der Waals surface area contributed by atoms with Gasteiger partial charge in [0.2, 0.25) is 6.79 Å². The van der Waals surface area contributed by atoms with Gasteiger partial charge in [-0.2, -0.15) is 0 Å². The van der Waals surface area contributed by atoms with Crippen LogP contribution in [0.4, 0.5) is 5.69 Å². The van der Waals surface area contributed by atoms with Crippen molar-refractivity contribution >= 4 is 29.1 Å². The Morgan fingerprint density at radius 2 is 1.86 bits per heavy atom. The molecule has 2 heterocycles. The Kier molecular flexibility index (Phi) is 4.90.